The number of nitrogens with zero attached hydrogens (tertiary/aromatic N) is 1. The van der Waals surface area contributed by atoms with E-state index in [9.17, 15) is 14.3 Å². The molecule has 1 atom stereocenters. The molecule has 1 aromatic carbocycles. The van der Waals surface area contributed by atoms with Gasteiger partial charge in [0.1, 0.15) is 5.75 Å². The van der Waals surface area contributed by atoms with Crippen molar-refractivity contribution in [1.82, 2.24) is 4.90 Å². The summed E-state index contributed by atoms with van der Waals surface area (Å²) in [4.78, 5) is 12.3. The SMILES string of the molecule is O=C(O)N1CCCCC1c1cc(F)c(O)cc1O. The van der Waals surface area contributed by atoms with Crippen LogP contribution in [0.1, 0.15) is 30.9 Å². The van der Waals surface area contributed by atoms with Gasteiger partial charge in [-0.05, 0) is 25.3 Å². The van der Waals surface area contributed by atoms with Crippen LogP contribution in [-0.2, 0) is 0 Å². The van der Waals surface area contributed by atoms with Gasteiger partial charge < -0.3 is 20.2 Å². The van der Waals surface area contributed by atoms with E-state index in [-0.39, 0.29) is 11.3 Å². The molecule has 1 unspecified atom stereocenters. The van der Waals surface area contributed by atoms with Crippen molar-refractivity contribution in [1.29, 1.82) is 0 Å². The number of piperidine rings is 1. The summed E-state index contributed by atoms with van der Waals surface area (Å²) in [5.41, 5.74) is 0.201. The second kappa shape index (κ2) is 4.72. The summed E-state index contributed by atoms with van der Waals surface area (Å²) in [6.45, 7) is 0.363. The third-order valence-corrected chi connectivity index (χ3v) is 3.20. The van der Waals surface area contributed by atoms with Crippen LogP contribution in [0.5, 0.6) is 11.5 Å². The van der Waals surface area contributed by atoms with Crippen LogP contribution in [0.25, 0.3) is 0 Å². The number of benzene rings is 1. The Bertz CT molecular complexity index is 477. The van der Waals surface area contributed by atoms with Crippen molar-refractivity contribution in [2.45, 2.75) is 25.3 Å². The lowest BCUT2D eigenvalue weighted by Crippen LogP contribution is -2.37. The molecule has 0 spiro atoms. The zero-order valence-electron chi connectivity index (χ0n) is 9.64. The maximum absolute atomic E-state index is 13.3. The molecule has 1 aromatic rings. The summed E-state index contributed by atoms with van der Waals surface area (Å²) in [5, 5.41) is 27.9. The first kappa shape index (κ1) is 12.5. The Kier molecular flexibility index (Phi) is 3.27. The highest BCUT2D eigenvalue weighted by atomic mass is 19.1. The zero-order valence-corrected chi connectivity index (χ0v) is 9.64. The van der Waals surface area contributed by atoms with E-state index in [4.69, 9.17) is 10.2 Å². The van der Waals surface area contributed by atoms with Crippen molar-refractivity contribution in [2.24, 2.45) is 0 Å². The number of carboxylic acid groups (broad SMARTS) is 1. The standard InChI is InChI=1S/C12H14FNO4/c13-8-5-7(10(15)6-11(8)16)9-3-1-2-4-14(9)12(17)18/h5-6,9,15-16H,1-4H2,(H,17,18). The number of rotatable bonds is 1. The predicted octanol–water partition coefficient (Wildman–Crippen LogP) is 2.44. The third kappa shape index (κ3) is 2.18. The predicted molar refractivity (Wildman–Crippen MR) is 61.1 cm³/mol. The Hall–Kier alpha value is -1.98. The highest BCUT2D eigenvalue weighted by molar-refractivity contribution is 5.66. The van der Waals surface area contributed by atoms with Crippen LogP contribution in [-0.4, -0.2) is 32.9 Å². The van der Waals surface area contributed by atoms with Crippen molar-refractivity contribution >= 4 is 6.09 Å². The van der Waals surface area contributed by atoms with Gasteiger partial charge in [-0.3, -0.25) is 0 Å². The topological polar surface area (TPSA) is 81.0 Å². The van der Waals surface area contributed by atoms with E-state index >= 15 is 0 Å². The number of amides is 1. The minimum Gasteiger partial charge on any atom is -0.507 e. The molecular formula is C12H14FNO4. The molecule has 3 N–H and O–H groups in total. The molecule has 1 heterocycles. The Morgan fingerprint density at radius 1 is 1.28 bits per heavy atom. The van der Waals surface area contributed by atoms with Crippen LogP contribution >= 0.6 is 0 Å². The summed E-state index contributed by atoms with van der Waals surface area (Å²) in [6, 6.07) is 1.34. The third-order valence-electron chi connectivity index (χ3n) is 3.20. The van der Waals surface area contributed by atoms with Crippen LogP contribution < -0.4 is 0 Å². The largest absolute Gasteiger partial charge is 0.507 e. The van der Waals surface area contributed by atoms with Crippen molar-refractivity contribution in [2.75, 3.05) is 6.54 Å². The van der Waals surface area contributed by atoms with Gasteiger partial charge in [-0.1, -0.05) is 0 Å². The van der Waals surface area contributed by atoms with Gasteiger partial charge in [0.05, 0.1) is 6.04 Å². The summed E-state index contributed by atoms with van der Waals surface area (Å²) in [6.07, 6.45) is 1.01. The Labute approximate surface area is 103 Å². The molecule has 1 fully saturated rings. The Morgan fingerprint density at radius 3 is 2.67 bits per heavy atom. The van der Waals surface area contributed by atoms with Crippen LogP contribution in [0.3, 0.4) is 0 Å². The number of hydrogen-bond acceptors (Lipinski definition) is 3. The summed E-state index contributed by atoms with van der Waals surface area (Å²) in [5.74, 6) is -1.79. The normalized spacial score (nSPS) is 19.8. The minimum atomic E-state index is -1.09. The fraction of sp³-hybridized carbons (Fsp3) is 0.417. The summed E-state index contributed by atoms with van der Waals surface area (Å²) in [7, 11) is 0. The molecule has 18 heavy (non-hydrogen) atoms. The molecule has 2 rings (SSSR count). The lowest BCUT2D eigenvalue weighted by molar-refractivity contribution is 0.105. The van der Waals surface area contributed by atoms with E-state index in [1.165, 1.54) is 4.90 Å². The molecule has 1 saturated heterocycles. The molecule has 98 valence electrons. The number of carbonyl (C=O) groups is 1. The van der Waals surface area contributed by atoms with E-state index in [0.29, 0.717) is 13.0 Å². The quantitative estimate of drug-likeness (QED) is 0.720. The maximum Gasteiger partial charge on any atom is 0.407 e. The molecule has 1 amide bonds. The molecule has 0 saturated carbocycles. The first-order valence-corrected chi connectivity index (χ1v) is 5.71. The number of phenolic OH excluding ortho intramolecular Hbond substituents is 2. The molecule has 1 aliphatic rings. The van der Waals surface area contributed by atoms with E-state index in [2.05, 4.69) is 0 Å². The molecule has 6 heteroatoms. The first-order valence-electron chi connectivity index (χ1n) is 5.71. The van der Waals surface area contributed by atoms with Gasteiger partial charge in [-0.15, -0.1) is 0 Å². The lowest BCUT2D eigenvalue weighted by Gasteiger charge is -2.34. The first-order chi connectivity index (χ1) is 8.50. The molecule has 1 aliphatic heterocycles. The fourth-order valence-electron chi connectivity index (χ4n) is 2.32. The van der Waals surface area contributed by atoms with Gasteiger partial charge in [0.2, 0.25) is 0 Å². The molecule has 0 bridgehead atoms. The van der Waals surface area contributed by atoms with Crippen LogP contribution in [0.4, 0.5) is 9.18 Å². The van der Waals surface area contributed by atoms with Crippen molar-refractivity contribution in [3.8, 4) is 11.5 Å². The van der Waals surface area contributed by atoms with Gasteiger partial charge in [-0.2, -0.15) is 0 Å². The Morgan fingerprint density at radius 2 is 2.00 bits per heavy atom. The van der Waals surface area contributed by atoms with Crippen LogP contribution in [0.15, 0.2) is 12.1 Å². The summed E-state index contributed by atoms with van der Waals surface area (Å²) >= 11 is 0. The smallest absolute Gasteiger partial charge is 0.407 e. The highest BCUT2D eigenvalue weighted by Gasteiger charge is 2.30. The molecule has 0 aliphatic carbocycles. The second-order valence-corrected chi connectivity index (χ2v) is 4.35. The van der Waals surface area contributed by atoms with Crippen molar-refractivity contribution in [3.63, 3.8) is 0 Å². The van der Waals surface area contributed by atoms with Gasteiger partial charge in [-0.25, -0.2) is 9.18 Å². The van der Waals surface area contributed by atoms with Crippen molar-refractivity contribution < 1.29 is 24.5 Å². The minimum absolute atomic E-state index is 0.201. The number of hydrogen-bond donors (Lipinski definition) is 3. The van der Waals surface area contributed by atoms with E-state index in [1.54, 1.807) is 0 Å². The van der Waals surface area contributed by atoms with Crippen LogP contribution in [0, 0.1) is 5.82 Å². The van der Waals surface area contributed by atoms with Gasteiger partial charge >= 0.3 is 6.09 Å². The number of phenols is 2. The van der Waals surface area contributed by atoms with E-state index < -0.39 is 23.7 Å². The summed E-state index contributed by atoms with van der Waals surface area (Å²) < 4.78 is 13.3. The van der Waals surface area contributed by atoms with E-state index in [1.807, 2.05) is 0 Å². The van der Waals surface area contributed by atoms with Gasteiger partial charge in [0, 0.05) is 18.2 Å². The van der Waals surface area contributed by atoms with Crippen molar-refractivity contribution in [3.05, 3.63) is 23.5 Å². The lowest BCUT2D eigenvalue weighted by atomic mass is 9.94. The average molecular weight is 255 g/mol. The Balaban J connectivity index is 2.39. The average Bonchev–Trinajstić information content (AvgIpc) is 2.34. The second-order valence-electron chi connectivity index (χ2n) is 4.35. The van der Waals surface area contributed by atoms with Crippen LogP contribution in [0.2, 0.25) is 0 Å². The molecule has 0 radical (unpaired) electrons. The highest BCUT2D eigenvalue weighted by Crippen LogP contribution is 2.38. The fourth-order valence-corrected chi connectivity index (χ4v) is 2.32. The number of aromatic hydroxyl groups is 2. The monoisotopic (exact) mass is 255 g/mol. The number of halogens is 1. The zero-order chi connectivity index (χ0) is 13.3. The molecule has 0 aromatic heterocycles. The van der Waals surface area contributed by atoms with Gasteiger partial charge in [0.25, 0.3) is 0 Å². The molecule has 5 nitrogen and oxygen atoms in total. The maximum atomic E-state index is 13.3. The van der Waals surface area contributed by atoms with Gasteiger partial charge in [0.15, 0.2) is 11.6 Å². The number of likely N-dealkylation sites (tertiary alicyclic amines) is 1. The molecular weight excluding hydrogens is 241 g/mol. The van der Waals surface area contributed by atoms with E-state index in [0.717, 1.165) is 25.0 Å².